The number of carbonyl (C=O) groups is 2. The van der Waals surface area contributed by atoms with Crippen LogP contribution in [0.4, 0.5) is 5.13 Å². The molecule has 2 N–H and O–H groups in total. The van der Waals surface area contributed by atoms with Crippen molar-refractivity contribution in [3.8, 4) is 0 Å². The number of nitrogens with one attached hydrogen (secondary N) is 2. The molecule has 0 unspecified atom stereocenters. The SMILES string of the molecule is C[C@@H](Sc1nnc(CNC(=O)c2ccco2)n1C)C(=O)Nc1nccs1. The summed E-state index contributed by atoms with van der Waals surface area (Å²) in [7, 11) is 1.78. The Morgan fingerprint density at radius 2 is 2.27 bits per heavy atom. The van der Waals surface area contributed by atoms with Crippen molar-refractivity contribution < 1.29 is 14.0 Å². The number of thiazole rings is 1. The molecule has 2 amide bonds. The summed E-state index contributed by atoms with van der Waals surface area (Å²) < 4.78 is 6.77. The van der Waals surface area contributed by atoms with Gasteiger partial charge < -0.3 is 19.6 Å². The van der Waals surface area contributed by atoms with Crippen LogP contribution in [0.25, 0.3) is 0 Å². The van der Waals surface area contributed by atoms with Crippen LogP contribution in [0, 0.1) is 0 Å². The van der Waals surface area contributed by atoms with Crippen LogP contribution in [0.15, 0.2) is 39.5 Å². The fourth-order valence-electron chi connectivity index (χ4n) is 1.96. The monoisotopic (exact) mass is 392 g/mol. The van der Waals surface area contributed by atoms with E-state index in [0.717, 1.165) is 0 Å². The first-order chi connectivity index (χ1) is 12.5. The Balaban J connectivity index is 1.56. The molecule has 0 bridgehead atoms. The van der Waals surface area contributed by atoms with E-state index in [1.54, 1.807) is 42.2 Å². The van der Waals surface area contributed by atoms with E-state index < -0.39 is 0 Å². The summed E-state index contributed by atoms with van der Waals surface area (Å²) in [6.07, 6.45) is 3.06. The summed E-state index contributed by atoms with van der Waals surface area (Å²) in [5.41, 5.74) is 0. The standard InChI is InChI=1S/C15H16N6O3S2/c1-9(12(22)18-14-16-5-7-25-14)26-15-20-19-11(21(15)2)8-17-13(23)10-4-3-6-24-10/h3-7,9H,8H2,1-2H3,(H,17,23)(H,16,18,22)/t9-/m1/s1. The zero-order valence-electron chi connectivity index (χ0n) is 14.0. The van der Waals surface area contributed by atoms with Gasteiger partial charge in [0, 0.05) is 18.6 Å². The van der Waals surface area contributed by atoms with Crippen LogP contribution >= 0.6 is 23.1 Å². The first-order valence-electron chi connectivity index (χ1n) is 7.61. The number of thioether (sulfide) groups is 1. The van der Waals surface area contributed by atoms with Crippen LogP contribution in [0.3, 0.4) is 0 Å². The lowest BCUT2D eigenvalue weighted by Gasteiger charge is -2.10. The first kappa shape index (κ1) is 18.1. The molecule has 26 heavy (non-hydrogen) atoms. The Kier molecular flexibility index (Phi) is 5.68. The van der Waals surface area contributed by atoms with Gasteiger partial charge in [0.15, 0.2) is 21.9 Å². The summed E-state index contributed by atoms with van der Waals surface area (Å²) in [5, 5.41) is 16.1. The molecule has 0 aliphatic heterocycles. The van der Waals surface area contributed by atoms with Crippen molar-refractivity contribution in [1.82, 2.24) is 25.1 Å². The van der Waals surface area contributed by atoms with Gasteiger partial charge in [0.1, 0.15) is 0 Å². The summed E-state index contributed by atoms with van der Waals surface area (Å²) >= 11 is 2.63. The second kappa shape index (κ2) is 8.15. The Morgan fingerprint density at radius 3 is 2.96 bits per heavy atom. The van der Waals surface area contributed by atoms with Crippen molar-refractivity contribution in [1.29, 1.82) is 0 Å². The lowest BCUT2D eigenvalue weighted by atomic mass is 10.4. The molecule has 0 aliphatic rings. The molecular formula is C15H16N6O3S2. The van der Waals surface area contributed by atoms with Gasteiger partial charge in [-0.3, -0.25) is 9.59 Å². The molecule has 3 rings (SSSR count). The maximum absolute atomic E-state index is 12.2. The molecule has 0 saturated carbocycles. The van der Waals surface area contributed by atoms with E-state index >= 15 is 0 Å². The number of carbonyl (C=O) groups excluding carboxylic acids is 2. The number of hydrogen-bond donors (Lipinski definition) is 2. The lowest BCUT2D eigenvalue weighted by Crippen LogP contribution is -2.24. The molecule has 136 valence electrons. The highest BCUT2D eigenvalue weighted by molar-refractivity contribution is 8.00. The van der Waals surface area contributed by atoms with Gasteiger partial charge in [-0.2, -0.15) is 0 Å². The van der Waals surface area contributed by atoms with Gasteiger partial charge in [0.05, 0.1) is 18.1 Å². The maximum Gasteiger partial charge on any atom is 0.287 e. The largest absolute Gasteiger partial charge is 0.459 e. The predicted molar refractivity (Wildman–Crippen MR) is 96.9 cm³/mol. The van der Waals surface area contributed by atoms with Crippen molar-refractivity contribution in [3.05, 3.63) is 41.6 Å². The summed E-state index contributed by atoms with van der Waals surface area (Å²) in [4.78, 5) is 28.1. The molecule has 3 heterocycles. The summed E-state index contributed by atoms with van der Waals surface area (Å²) in [6, 6.07) is 3.22. The Morgan fingerprint density at radius 1 is 1.42 bits per heavy atom. The van der Waals surface area contributed by atoms with Crippen molar-refractivity contribution >= 4 is 40.0 Å². The van der Waals surface area contributed by atoms with Crippen LogP contribution < -0.4 is 10.6 Å². The molecule has 1 atom stereocenters. The first-order valence-corrected chi connectivity index (χ1v) is 9.37. The average Bonchev–Trinajstić information content (AvgIpc) is 3.37. The highest BCUT2D eigenvalue weighted by Gasteiger charge is 2.20. The van der Waals surface area contributed by atoms with Crippen molar-refractivity contribution in [2.45, 2.75) is 23.9 Å². The van der Waals surface area contributed by atoms with E-state index in [0.29, 0.717) is 16.1 Å². The number of nitrogens with zero attached hydrogens (tertiary/aromatic N) is 4. The van der Waals surface area contributed by atoms with E-state index in [1.807, 2.05) is 0 Å². The zero-order valence-corrected chi connectivity index (χ0v) is 15.6. The second-order valence-corrected chi connectivity index (χ2v) is 7.41. The number of amides is 2. The summed E-state index contributed by atoms with van der Waals surface area (Å²) in [5.74, 6) is 0.304. The van der Waals surface area contributed by atoms with Crippen LogP contribution in [0.5, 0.6) is 0 Å². The molecule has 0 saturated heterocycles. The Labute approximate surface area is 157 Å². The Hall–Kier alpha value is -2.66. The summed E-state index contributed by atoms with van der Waals surface area (Å²) in [6.45, 7) is 1.98. The van der Waals surface area contributed by atoms with Gasteiger partial charge in [-0.25, -0.2) is 4.98 Å². The van der Waals surface area contributed by atoms with E-state index in [2.05, 4.69) is 25.8 Å². The minimum absolute atomic E-state index is 0.166. The van der Waals surface area contributed by atoms with Crippen molar-refractivity contribution in [2.24, 2.45) is 7.05 Å². The molecule has 0 aromatic carbocycles. The third kappa shape index (κ3) is 4.29. The second-order valence-electron chi connectivity index (χ2n) is 5.20. The molecule has 0 fully saturated rings. The number of rotatable bonds is 7. The van der Waals surface area contributed by atoms with Crippen LogP contribution in [0.1, 0.15) is 23.3 Å². The van der Waals surface area contributed by atoms with Crippen LogP contribution in [-0.4, -0.2) is 36.8 Å². The molecule has 3 aromatic heterocycles. The van der Waals surface area contributed by atoms with Crippen molar-refractivity contribution in [3.63, 3.8) is 0 Å². The minimum atomic E-state index is -0.382. The zero-order chi connectivity index (χ0) is 18.5. The van der Waals surface area contributed by atoms with Crippen LogP contribution in [0.2, 0.25) is 0 Å². The fraction of sp³-hybridized carbons (Fsp3) is 0.267. The molecular weight excluding hydrogens is 376 g/mol. The van der Waals surface area contributed by atoms with Gasteiger partial charge in [0.25, 0.3) is 5.91 Å². The minimum Gasteiger partial charge on any atom is -0.459 e. The third-order valence-electron chi connectivity index (χ3n) is 3.39. The number of furan rings is 1. The molecule has 0 spiro atoms. The van der Waals surface area contributed by atoms with Gasteiger partial charge in [-0.15, -0.1) is 21.5 Å². The molecule has 9 nitrogen and oxygen atoms in total. The topological polar surface area (TPSA) is 115 Å². The van der Waals surface area contributed by atoms with E-state index in [9.17, 15) is 9.59 Å². The highest BCUT2D eigenvalue weighted by Crippen LogP contribution is 2.23. The number of aromatic nitrogens is 4. The Bertz CT molecular complexity index is 875. The number of anilines is 1. The third-order valence-corrected chi connectivity index (χ3v) is 5.21. The molecule has 0 radical (unpaired) electrons. The quantitative estimate of drug-likeness (QED) is 0.590. The van der Waals surface area contributed by atoms with Gasteiger partial charge >= 0.3 is 0 Å². The average molecular weight is 392 g/mol. The van der Waals surface area contributed by atoms with E-state index in [4.69, 9.17) is 4.42 Å². The molecule has 3 aromatic rings. The van der Waals surface area contributed by atoms with Gasteiger partial charge in [-0.1, -0.05) is 11.8 Å². The normalized spacial score (nSPS) is 11.9. The lowest BCUT2D eigenvalue weighted by molar-refractivity contribution is -0.115. The smallest absolute Gasteiger partial charge is 0.287 e. The van der Waals surface area contributed by atoms with E-state index in [1.165, 1.54) is 29.4 Å². The maximum atomic E-state index is 12.2. The van der Waals surface area contributed by atoms with E-state index in [-0.39, 0.29) is 29.4 Å². The predicted octanol–water partition coefficient (Wildman–Crippen LogP) is 1.91. The molecule has 11 heteroatoms. The highest BCUT2D eigenvalue weighted by atomic mass is 32.2. The van der Waals surface area contributed by atoms with Crippen LogP contribution in [-0.2, 0) is 18.4 Å². The van der Waals surface area contributed by atoms with Crippen molar-refractivity contribution in [2.75, 3.05) is 5.32 Å². The fourth-order valence-corrected chi connectivity index (χ4v) is 3.33. The molecule has 0 aliphatic carbocycles. The number of hydrogen-bond acceptors (Lipinski definition) is 8. The van der Waals surface area contributed by atoms with Gasteiger partial charge in [0.2, 0.25) is 5.91 Å². The van der Waals surface area contributed by atoms with Gasteiger partial charge in [-0.05, 0) is 19.1 Å².